The Kier molecular flexibility index (Phi) is 6.51. The molecule has 0 bridgehead atoms. The van der Waals surface area contributed by atoms with Gasteiger partial charge in [0, 0.05) is 6.92 Å². The van der Waals surface area contributed by atoms with Crippen molar-refractivity contribution in [1.82, 2.24) is 0 Å². The van der Waals surface area contributed by atoms with Gasteiger partial charge in [-0.1, -0.05) is 0 Å². The highest BCUT2D eigenvalue weighted by Gasteiger charge is 2.44. The maximum absolute atomic E-state index is 12.8. The second-order valence-corrected chi connectivity index (χ2v) is 11.1. The number of hydrogen-bond donors (Lipinski definition) is 0. The maximum Gasteiger partial charge on any atom is 0.504 e. The molecule has 0 saturated heterocycles. The van der Waals surface area contributed by atoms with Gasteiger partial charge in [-0.25, -0.2) is 16.8 Å². The van der Waals surface area contributed by atoms with Crippen molar-refractivity contribution >= 4 is 30.0 Å². The number of esters is 1. The van der Waals surface area contributed by atoms with Gasteiger partial charge in [0.2, 0.25) is 0 Å². The first kappa shape index (κ1) is 23.3. The molecule has 30 heavy (non-hydrogen) atoms. The third-order valence-corrected chi connectivity index (χ3v) is 7.68. The van der Waals surface area contributed by atoms with E-state index in [0.717, 1.165) is 24.3 Å². The molecule has 9 nitrogen and oxygen atoms in total. The number of nitrogens with zero attached hydrogens (tertiary/aromatic N) is 2. The number of carbonyl (C=O) groups excluding carboxylic acids is 1. The minimum Gasteiger partial charge on any atom is -0.488 e. The van der Waals surface area contributed by atoms with Crippen molar-refractivity contribution in [2.45, 2.75) is 43.1 Å². The van der Waals surface area contributed by atoms with Crippen molar-refractivity contribution in [3.05, 3.63) is 54.1 Å². The van der Waals surface area contributed by atoms with E-state index in [1.807, 2.05) is 20.8 Å². The SMILES string of the molecule is CC(=O)Oc1ccc(S(=O)(=O)C(=[N+]=[N-])S(=O)(=O)c2ccc(OC(C)(C)C)cc2)cc1. The van der Waals surface area contributed by atoms with Crippen LogP contribution in [-0.2, 0) is 24.5 Å². The van der Waals surface area contributed by atoms with Crippen LogP contribution >= 0.6 is 0 Å². The summed E-state index contributed by atoms with van der Waals surface area (Å²) in [7, 11) is -9.38. The predicted octanol–water partition coefficient (Wildman–Crippen LogP) is 2.62. The molecule has 0 aliphatic rings. The first-order chi connectivity index (χ1) is 13.8. The van der Waals surface area contributed by atoms with E-state index in [4.69, 9.17) is 9.47 Å². The van der Waals surface area contributed by atoms with Crippen LogP contribution in [-0.4, -0.2) is 37.6 Å². The molecule has 0 aliphatic heterocycles. The van der Waals surface area contributed by atoms with E-state index in [0.29, 0.717) is 5.75 Å². The number of carbonyl (C=O) groups is 1. The molecule has 0 heterocycles. The molecule has 2 aromatic rings. The first-order valence-electron chi connectivity index (χ1n) is 8.57. The van der Waals surface area contributed by atoms with E-state index in [1.165, 1.54) is 31.2 Å². The summed E-state index contributed by atoms with van der Waals surface area (Å²) >= 11 is 0. The van der Waals surface area contributed by atoms with Gasteiger partial charge in [0.05, 0.1) is 9.79 Å². The molecule has 2 rings (SSSR count). The molecule has 0 unspecified atom stereocenters. The molecule has 2 aromatic carbocycles. The molecule has 0 spiro atoms. The van der Waals surface area contributed by atoms with Gasteiger partial charge in [0.25, 0.3) is 19.7 Å². The van der Waals surface area contributed by atoms with Crippen molar-refractivity contribution in [3.63, 3.8) is 0 Å². The molecule has 0 fully saturated rings. The smallest absolute Gasteiger partial charge is 0.488 e. The van der Waals surface area contributed by atoms with Crippen LogP contribution in [0.1, 0.15) is 27.7 Å². The molecule has 0 radical (unpaired) electrons. The molecule has 0 atom stereocenters. The second kappa shape index (κ2) is 8.39. The first-order valence-corrected chi connectivity index (χ1v) is 11.5. The highest BCUT2D eigenvalue weighted by molar-refractivity contribution is 8.31. The fourth-order valence-corrected chi connectivity index (χ4v) is 5.69. The summed E-state index contributed by atoms with van der Waals surface area (Å²) in [4.78, 5) is 12.7. The summed E-state index contributed by atoms with van der Waals surface area (Å²) in [6.07, 6.45) is 0. The van der Waals surface area contributed by atoms with Crippen LogP contribution in [0.25, 0.3) is 5.53 Å². The lowest BCUT2D eigenvalue weighted by atomic mass is 10.2. The molecular weight excluding hydrogens is 432 g/mol. The summed E-state index contributed by atoms with van der Waals surface area (Å²) < 4.78 is 60.1. The van der Waals surface area contributed by atoms with Gasteiger partial charge in [-0.05, 0) is 69.3 Å². The van der Waals surface area contributed by atoms with E-state index >= 15 is 0 Å². The number of hydrogen-bond acceptors (Lipinski definition) is 7. The minimum absolute atomic E-state index is 0.0706. The van der Waals surface area contributed by atoms with Crippen molar-refractivity contribution in [1.29, 1.82) is 0 Å². The Hall–Kier alpha value is -3.01. The van der Waals surface area contributed by atoms with Crippen LogP contribution in [0.2, 0.25) is 0 Å². The van der Waals surface area contributed by atoms with Gasteiger partial charge in [-0.2, -0.15) is 0 Å². The summed E-state index contributed by atoms with van der Waals surface area (Å²) in [5.74, 6) is -0.154. The van der Waals surface area contributed by atoms with Gasteiger partial charge < -0.3 is 15.0 Å². The Morgan fingerprint density at radius 1 is 0.833 bits per heavy atom. The average Bonchev–Trinajstić information content (AvgIpc) is 2.61. The molecular formula is C19H20N2O7S2. The lowest BCUT2D eigenvalue weighted by Crippen LogP contribution is -2.26. The van der Waals surface area contributed by atoms with Crippen molar-refractivity contribution in [3.8, 4) is 11.5 Å². The quantitative estimate of drug-likeness (QED) is 0.173. The number of sulfone groups is 2. The highest BCUT2D eigenvalue weighted by Crippen LogP contribution is 2.25. The summed E-state index contributed by atoms with van der Waals surface area (Å²) in [6, 6.07) is 9.47. The van der Waals surface area contributed by atoms with E-state index in [9.17, 15) is 27.2 Å². The average molecular weight is 453 g/mol. The molecule has 160 valence electrons. The normalized spacial score (nSPS) is 12.0. The van der Waals surface area contributed by atoms with Gasteiger partial charge in [0.15, 0.2) is 0 Å². The van der Waals surface area contributed by atoms with Gasteiger partial charge >= 0.3 is 10.3 Å². The largest absolute Gasteiger partial charge is 0.504 e. The number of rotatable bonds is 4. The molecule has 0 aliphatic carbocycles. The van der Waals surface area contributed by atoms with Gasteiger partial charge in [-0.3, -0.25) is 4.79 Å². The summed E-state index contributed by atoms with van der Waals surface area (Å²) in [5.41, 5.74) is 8.72. The maximum atomic E-state index is 12.8. The van der Waals surface area contributed by atoms with Crippen LogP contribution in [0.3, 0.4) is 0 Å². The van der Waals surface area contributed by atoms with Crippen LogP contribution < -0.4 is 9.47 Å². The zero-order chi connectivity index (χ0) is 22.7. The Balaban J connectivity index is 2.42. The summed E-state index contributed by atoms with van der Waals surface area (Å²) in [5, 5.41) is 0. The predicted molar refractivity (Wildman–Crippen MR) is 108 cm³/mol. The number of ether oxygens (including phenoxy) is 2. The standard InChI is InChI=1S/C19H20N2O7S2/c1-13(22)27-14-5-9-16(10-6-14)29(23,24)18(21-20)30(25,26)17-11-7-15(8-12-17)28-19(2,3)4/h5-12H,1-4H3. The molecule has 0 aromatic heterocycles. The van der Waals surface area contributed by atoms with E-state index in [1.54, 1.807) is 0 Å². The molecule has 0 saturated carbocycles. The Bertz CT molecular complexity index is 1200. The van der Waals surface area contributed by atoms with Gasteiger partial charge in [-0.15, -0.1) is 4.79 Å². The monoisotopic (exact) mass is 452 g/mol. The van der Waals surface area contributed by atoms with Crippen molar-refractivity contribution in [2.24, 2.45) is 0 Å². The summed E-state index contributed by atoms with van der Waals surface area (Å²) in [6.45, 7) is 6.61. The van der Waals surface area contributed by atoms with Crippen LogP contribution in [0, 0.1) is 0 Å². The fraction of sp³-hybridized carbons (Fsp3) is 0.263. The third kappa shape index (κ3) is 5.32. The zero-order valence-corrected chi connectivity index (χ0v) is 18.3. The molecule has 11 heteroatoms. The Morgan fingerprint density at radius 3 is 1.57 bits per heavy atom. The number of benzene rings is 2. The van der Waals surface area contributed by atoms with E-state index in [2.05, 4.69) is 4.79 Å². The van der Waals surface area contributed by atoms with E-state index in [-0.39, 0.29) is 5.75 Å². The van der Waals surface area contributed by atoms with E-state index < -0.39 is 45.4 Å². The van der Waals surface area contributed by atoms with Crippen LogP contribution in [0.5, 0.6) is 11.5 Å². The topological polar surface area (TPSA) is 140 Å². The second-order valence-electron chi connectivity index (χ2n) is 7.12. The Morgan fingerprint density at radius 2 is 1.23 bits per heavy atom. The zero-order valence-electron chi connectivity index (χ0n) is 16.7. The van der Waals surface area contributed by atoms with Crippen molar-refractivity contribution in [2.75, 3.05) is 0 Å². The third-order valence-electron chi connectivity index (χ3n) is 3.50. The van der Waals surface area contributed by atoms with Crippen LogP contribution in [0.15, 0.2) is 58.3 Å². The fourth-order valence-electron chi connectivity index (χ4n) is 2.35. The van der Waals surface area contributed by atoms with Crippen molar-refractivity contribution < 1.29 is 35.9 Å². The minimum atomic E-state index is -4.70. The molecule has 0 amide bonds. The molecule has 0 N–H and O–H groups in total. The lowest BCUT2D eigenvalue weighted by Gasteiger charge is -2.21. The Labute approximate surface area is 174 Å². The highest BCUT2D eigenvalue weighted by atomic mass is 32.3. The van der Waals surface area contributed by atoms with Crippen LogP contribution in [0.4, 0.5) is 0 Å². The lowest BCUT2D eigenvalue weighted by molar-refractivity contribution is -0.131. The van der Waals surface area contributed by atoms with Gasteiger partial charge in [0.1, 0.15) is 17.1 Å².